The number of benzene rings is 3. The predicted molar refractivity (Wildman–Crippen MR) is 134 cm³/mol. The second kappa shape index (κ2) is 11.1. The minimum absolute atomic E-state index is 0.458. The lowest BCUT2D eigenvalue weighted by Crippen LogP contribution is -2.47. The van der Waals surface area contributed by atoms with Gasteiger partial charge in [0.15, 0.2) is 11.5 Å². The van der Waals surface area contributed by atoms with Gasteiger partial charge >= 0.3 is 0 Å². The van der Waals surface area contributed by atoms with E-state index in [0.717, 1.165) is 43.0 Å². The molecule has 0 aliphatic carbocycles. The van der Waals surface area contributed by atoms with Crippen molar-refractivity contribution in [1.82, 2.24) is 4.90 Å². The Bertz CT molecular complexity index is 1060. The first kappa shape index (κ1) is 23.7. The molecular weight excluding hydrogens is 459 g/mol. The highest BCUT2D eigenvalue weighted by atomic mass is 35.5. The minimum atomic E-state index is -0.622. The zero-order valence-electron chi connectivity index (χ0n) is 18.6. The number of β-amino-alcohol motifs (C(OH)–C–C–N with tert-alkyl or cyclic N) is 1. The van der Waals surface area contributed by atoms with Gasteiger partial charge in [0.1, 0.15) is 6.61 Å². The Morgan fingerprint density at radius 3 is 2.39 bits per heavy atom. The summed E-state index contributed by atoms with van der Waals surface area (Å²) in [5.41, 5.74) is 2.85. The van der Waals surface area contributed by atoms with Gasteiger partial charge in [0.05, 0.1) is 28.9 Å². The quantitative estimate of drug-likeness (QED) is 0.459. The van der Waals surface area contributed by atoms with Crippen molar-refractivity contribution in [2.75, 3.05) is 44.7 Å². The number of ether oxygens (including phenoxy) is 2. The van der Waals surface area contributed by atoms with E-state index >= 15 is 0 Å². The third-order valence-corrected chi connectivity index (χ3v) is 6.69. The molecule has 3 aromatic rings. The number of rotatable bonds is 8. The number of hydrogen-bond acceptors (Lipinski definition) is 5. The Labute approximate surface area is 205 Å². The molecule has 0 saturated carbocycles. The first-order valence-electron chi connectivity index (χ1n) is 11.0. The summed E-state index contributed by atoms with van der Waals surface area (Å²) in [7, 11) is 1.61. The molecule has 0 spiro atoms. The van der Waals surface area contributed by atoms with Crippen LogP contribution in [0.2, 0.25) is 10.0 Å². The average Bonchev–Trinajstić information content (AvgIpc) is 2.85. The maximum absolute atomic E-state index is 10.9. The van der Waals surface area contributed by atoms with Crippen LogP contribution in [0.25, 0.3) is 0 Å². The molecule has 1 N–H and O–H groups in total. The average molecular weight is 487 g/mol. The first-order chi connectivity index (χ1) is 16.0. The Hall–Kier alpha value is -2.44. The molecule has 0 aromatic heterocycles. The molecule has 1 heterocycles. The SMILES string of the molecule is COc1cc(C(O)CN2CCN(c3cccc(Cl)c3Cl)CC2)ccc1OCc1ccccc1. The van der Waals surface area contributed by atoms with Gasteiger partial charge in [-0.1, -0.05) is 65.7 Å². The molecule has 1 aliphatic heterocycles. The predicted octanol–water partition coefficient (Wildman–Crippen LogP) is 5.44. The molecule has 0 bridgehead atoms. The third-order valence-electron chi connectivity index (χ3n) is 5.88. The van der Waals surface area contributed by atoms with E-state index in [1.807, 2.05) is 60.7 Å². The van der Waals surface area contributed by atoms with Crippen LogP contribution in [0.4, 0.5) is 5.69 Å². The standard InChI is InChI=1S/C26H28Cl2N2O3/c1-32-25-16-20(10-11-24(25)33-18-19-6-3-2-4-7-19)23(31)17-29-12-14-30(15-13-29)22-9-5-8-21(27)26(22)28/h2-11,16,23,31H,12-15,17-18H2,1H3. The Morgan fingerprint density at radius 2 is 1.67 bits per heavy atom. The lowest BCUT2D eigenvalue weighted by molar-refractivity contribution is 0.109. The summed E-state index contributed by atoms with van der Waals surface area (Å²) < 4.78 is 11.4. The molecule has 174 valence electrons. The van der Waals surface area contributed by atoms with E-state index < -0.39 is 6.10 Å². The summed E-state index contributed by atoms with van der Waals surface area (Å²) in [6.45, 7) is 4.31. The van der Waals surface area contributed by atoms with E-state index in [1.165, 1.54) is 0 Å². The van der Waals surface area contributed by atoms with Gasteiger partial charge in [-0.25, -0.2) is 0 Å². The van der Waals surface area contributed by atoms with Gasteiger partial charge in [0.2, 0.25) is 0 Å². The van der Waals surface area contributed by atoms with Gasteiger partial charge < -0.3 is 19.5 Å². The first-order valence-corrected chi connectivity index (χ1v) is 11.7. The number of nitrogens with zero attached hydrogens (tertiary/aromatic N) is 2. The fourth-order valence-corrected chi connectivity index (χ4v) is 4.42. The molecule has 33 heavy (non-hydrogen) atoms. The molecule has 1 fully saturated rings. The fraction of sp³-hybridized carbons (Fsp3) is 0.308. The summed E-state index contributed by atoms with van der Waals surface area (Å²) in [6.07, 6.45) is -0.622. The number of methoxy groups -OCH3 is 1. The highest BCUT2D eigenvalue weighted by molar-refractivity contribution is 6.43. The molecule has 3 aromatic carbocycles. The van der Waals surface area contributed by atoms with Crippen LogP contribution in [0.1, 0.15) is 17.2 Å². The van der Waals surface area contributed by atoms with E-state index in [9.17, 15) is 5.11 Å². The maximum atomic E-state index is 10.9. The number of anilines is 1. The van der Waals surface area contributed by atoms with Crippen LogP contribution in [0, 0.1) is 0 Å². The van der Waals surface area contributed by atoms with Crippen LogP contribution >= 0.6 is 23.2 Å². The lowest BCUT2D eigenvalue weighted by atomic mass is 10.1. The van der Waals surface area contributed by atoms with Crippen LogP contribution in [-0.2, 0) is 6.61 Å². The van der Waals surface area contributed by atoms with E-state index in [1.54, 1.807) is 13.2 Å². The van der Waals surface area contributed by atoms with Crippen molar-refractivity contribution in [3.63, 3.8) is 0 Å². The van der Waals surface area contributed by atoms with Crippen LogP contribution in [-0.4, -0.2) is 49.8 Å². The monoisotopic (exact) mass is 486 g/mol. The number of hydrogen-bond donors (Lipinski definition) is 1. The third kappa shape index (κ3) is 5.92. The molecule has 1 saturated heterocycles. The van der Waals surface area contributed by atoms with Gasteiger partial charge in [-0.05, 0) is 35.4 Å². The summed E-state index contributed by atoms with van der Waals surface area (Å²) in [5, 5.41) is 12.0. The Kier molecular flexibility index (Phi) is 7.99. The highest BCUT2D eigenvalue weighted by Gasteiger charge is 2.22. The van der Waals surface area contributed by atoms with Crippen molar-refractivity contribution >= 4 is 28.9 Å². The van der Waals surface area contributed by atoms with Crippen molar-refractivity contribution in [3.8, 4) is 11.5 Å². The van der Waals surface area contributed by atoms with Gasteiger partial charge in [-0.15, -0.1) is 0 Å². The largest absolute Gasteiger partial charge is 0.493 e. The van der Waals surface area contributed by atoms with Crippen LogP contribution < -0.4 is 14.4 Å². The molecule has 4 rings (SSSR count). The number of aliphatic hydroxyl groups is 1. The zero-order valence-corrected chi connectivity index (χ0v) is 20.1. The zero-order chi connectivity index (χ0) is 23.2. The van der Waals surface area contributed by atoms with Gasteiger partial charge in [-0.3, -0.25) is 4.90 Å². The molecular formula is C26H28Cl2N2O3. The van der Waals surface area contributed by atoms with Crippen molar-refractivity contribution in [1.29, 1.82) is 0 Å². The summed E-state index contributed by atoms with van der Waals surface area (Å²) in [4.78, 5) is 4.49. The normalized spacial score (nSPS) is 15.3. The number of aliphatic hydroxyl groups excluding tert-OH is 1. The van der Waals surface area contributed by atoms with Crippen molar-refractivity contribution in [2.24, 2.45) is 0 Å². The van der Waals surface area contributed by atoms with Crippen LogP contribution in [0.3, 0.4) is 0 Å². The molecule has 5 nitrogen and oxygen atoms in total. The molecule has 0 amide bonds. The van der Waals surface area contributed by atoms with Gasteiger partial charge in [-0.2, -0.15) is 0 Å². The molecule has 1 unspecified atom stereocenters. The van der Waals surface area contributed by atoms with Crippen molar-refractivity contribution in [2.45, 2.75) is 12.7 Å². The highest BCUT2D eigenvalue weighted by Crippen LogP contribution is 2.34. The lowest BCUT2D eigenvalue weighted by Gasteiger charge is -2.37. The van der Waals surface area contributed by atoms with Crippen molar-refractivity contribution in [3.05, 3.63) is 87.9 Å². The van der Waals surface area contributed by atoms with Gasteiger partial charge in [0, 0.05) is 32.7 Å². The van der Waals surface area contributed by atoms with E-state index in [2.05, 4.69) is 9.80 Å². The Balaban J connectivity index is 1.33. The summed E-state index contributed by atoms with van der Waals surface area (Å²) in [5.74, 6) is 1.27. The number of piperazine rings is 1. The van der Waals surface area contributed by atoms with Crippen LogP contribution in [0.15, 0.2) is 66.7 Å². The second-order valence-corrected chi connectivity index (χ2v) is 8.85. The fourth-order valence-electron chi connectivity index (χ4n) is 4.00. The van der Waals surface area contributed by atoms with Crippen LogP contribution in [0.5, 0.6) is 11.5 Å². The topological polar surface area (TPSA) is 45.2 Å². The van der Waals surface area contributed by atoms with E-state index in [0.29, 0.717) is 34.7 Å². The second-order valence-electron chi connectivity index (χ2n) is 8.06. The van der Waals surface area contributed by atoms with E-state index in [-0.39, 0.29) is 0 Å². The summed E-state index contributed by atoms with van der Waals surface area (Å²) in [6, 6.07) is 21.3. The van der Waals surface area contributed by atoms with Crippen molar-refractivity contribution < 1.29 is 14.6 Å². The Morgan fingerprint density at radius 1 is 0.909 bits per heavy atom. The molecule has 7 heteroatoms. The summed E-state index contributed by atoms with van der Waals surface area (Å²) >= 11 is 12.5. The van der Waals surface area contributed by atoms with Gasteiger partial charge in [0.25, 0.3) is 0 Å². The maximum Gasteiger partial charge on any atom is 0.161 e. The molecule has 1 aliphatic rings. The van der Waals surface area contributed by atoms with E-state index in [4.69, 9.17) is 32.7 Å². The molecule has 0 radical (unpaired) electrons. The smallest absolute Gasteiger partial charge is 0.161 e. The number of halogens is 2. The molecule has 1 atom stereocenters. The minimum Gasteiger partial charge on any atom is -0.493 e.